The van der Waals surface area contributed by atoms with E-state index in [-0.39, 0.29) is 0 Å². The molecule has 1 aliphatic rings. The van der Waals surface area contributed by atoms with Crippen molar-refractivity contribution in [3.05, 3.63) is 35.4 Å². The summed E-state index contributed by atoms with van der Waals surface area (Å²) in [7, 11) is 0. The van der Waals surface area contributed by atoms with Crippen LogP contribution in [0.3, 0.4) is 0 Å². The van der Waals surface area contributed by atoms with Crippen molar-refractivity contribution >= 4 is 5.96 Å². The van der Waals surface area contributed by atoms with E-state index in [1.165, 1.54) is 11.1 Å². The molecule has 5 heteroatoms. The van der Waals surface area contributed by atoms with Crippen LogP contribution in [0.25, 0.3) is 0 Å². The van der Waals surface area contributed by atoms with Crippen LogP contribution in [0.1, 0.15) is 37.9 Å². The summed E-state index contributed by atoms with van der Waals surface area (Å²) < 4.78 is 5.54. The van der Waals surface area contributed by atoms with E-state index in [4.69, 9.17) is 9.73 Å². The highest BCUT2D eigenvalue weighted by Gasteiger charge is 2.23. The number of morpholine rings is 1. The maximum Gasteiger partial charge on any atom is 0.191 e. The minimum absolute atomic E-state index is 0.326. The summed E-state index contributed by atoms with van der Waals surface area (Å²) in [5.41, 5.74) is 2.66. The Kier molecular flexibility index (Phi) is 8.22. The fourth-order valence-corrected chi connectivity index (χ4v) is 3.03. The van der Waals surface area contributed by atoms with Crippen LogP contribution in [-0.4, -0.2) is 56.8 Å². The quantitative estimate of drug-likeness (QED) is 0.588. The van der Waals surface area contributed by atoms with Gasteiger partial charge in [0.15, 0.2) is 5.96 Å². The molecule has 1 unspecified atom stereocenters. The molecule has 1 heterocycles. The fraction of sp³-hybridized carbons (Fsp3) is 0.650. The highest BCUT2D eigenvalue weighted by molar-refractivity contribution is 5.79. The van der Waals surface area contributed by atoms with E-state index in [1.807, 2.05) is 0 Å². The molecule has 0 aromatic heterocycles. The van der Waals surface area contributed by atoms with Crippen LogP contribution in [0.4, 0.5) is 0 Å². The first-order valence-electron chi connectivity index (χ1n) is 9.50. The average Bonchev–Trinajstić information content (AvgIpc) is 2.60. The maximum atomic E-state index is 5.54. The van der Waals surface area contributed by atoms with Crippen LogP contribution in [0.15, 0.2) is 29.3 Å². The number of nitrogens with one attached hydrogen (secondary N) is 2. The molecule has 1 aromatic rings. The van der Waals surface area contributed by atoms with Crippen molar-refractivity contribution in [2.75, 3.05) is 45.9 Å². The molecule has 0 radical (unpaired) electrons. The van der Waals surface area contributed by atoms with Crippen molar-refractivity contribution in [2.24, 2.45) is 10.9 Å². The van der Waals surface area contributed by atoms with Crippen molar-refractivity contribution in [2.45, 2.75) is 33.7 Å². The van der Waals surface area contributed by atoms with Gasteiger partial charge < -0.3 is 15.4 Å². The van der Waals surface area contributed by atoms with Gasteiger partial charge in [-0.25, -0.2) is 0 Å². The van der Waals surface area contributed by atoms with Gasteiger partial charge in [-0.15, -0.1) is 0 Å². The van der Waals surface area contributed by atoms with E-state index in [1.54, 1.807) is 0 Å². The van der Waals surface area contributed by atoms with Crippen molar-refractivity contribution < 1.29 is 4.74 Å². The summed E-state index contributed by atoms with van der Waals surface area (Å²) in [6.45, 7) is 14.8. The first-order valence-corrected chi connectivity index (χ1v) is 9.50. The molecule has 0 bridgehead atoms. The molecule has 0 aliphatic carbocycles. The highest BCUT2D eigenvalue weighted by atomic mass is 16.5. The van der Waals surface area contributed by atoms with Crippen LogP contribution in [-0.2, 0) is 4.74 Å². The summed E-state index contributed by atoms with van der Waals surface area (Å²) in [6, 6.07) is 9.15. The Morgan fingerprint density at radius 1 is 1.24 bits per heavy atom. The Balaban J connectivity index is 2.10. The number of guanidine groups is 1. The molecular weight excluding hydrogens is 312 g/mol. The number of rotatable bonds is 7. The maximum absolute atomic E-state index is 5.54. The first-order chi connectivity index (χ1) is 12.1. The van der Waals surface area contributed by atoms with E-state index in [2.05, 4.69) is 67.5 Å². The summed E-state index contributed by atoms with van der Waals surface area (Å²) in [4.78, 5) is 7.20. The lowest BCUT2D eigenvalue weighted by atomic mass is 10.0. The molecule has 1 aromatic carbocycles. The average molecular weight is 347 g/mol. The van der Waals surface area contributed by atoms with Gasteiger partial charge in [-0.05, 0) is 25.3 Å². The molecule has 2 rings (SSSR count). The minimum Gasteiger partial charge on any atom is -0.379 e. The third-order valence-electron chi connectivity index (χ3n) is 4.33. The zero-order chi connectivity index (χ0) is 18.1. The topological polar surface area (TPSA) is 48.9 Å². The third-order valence-corrected chi connectivity index (χ3v) is 4.33. The van der Waals surface area contributed by atoms with E-state index < -0.39 is 0 Å². The highest BCUT2D eigenvalue weighted by Crippen LogP contribution is 2.22. The number of ether oxygens (including phenoxy) is 1. The molecule has 0 spiro atoms. The summed E-state index contributed by atoms with van der Waals surface area (Å²) in [5, 5.41) is 6.90. The van der Waals surface area contributed by atoms with Crippen molar-refractivity contribution in [3.8, 4) is 0 Å². The molecule has 0 amide bonds. The number of aryl methyl sites for hydroxylation is 1. The molecule has 140 valence electrons. The van der Waals surface area contributed by atoms with Crippen molar-refractivity contribution in [1.29, 1.82) is 0 Å². The molecular formula is C20H34N4O. The van der Waals surface area contributed by atoms with E-state index in [9.17, 15) is 0 Å². The summed E-state index contributed by atoms with van der Waals surface area (Å²) in [6.07, 6.45) is 0. The lowest BCUT2D eigenvalue weighted by Gasteiger charge is -2.35. The van der Waals surface area contributed by atoms with Gasteiger partial charge in [0.25, 0.3) is 0 Å². The van der Waals surface area contributed by atoms with Crippen LogP contribution < -0.4 is 10.6 Å². The second-order valence-corrected chi connectivity index (χ2v) is 7.07. The van der Waals surface area contributed by atoms with E-state index in [0.717, 1.165) is 51.9 Å². The SMILES string of the molecule is CCNC(=NCC(C)C)NCC(c1cccc(C)c1)N1CCOCC1. The Morgan fingerprint density at radius 3 is 2.64 bits per heavy atom. The normalized spacial score (nSPS) is 17.6. The summed E-state index contributed by atoms with van der Waals surface area (Å²) in [5.74, 6) is 1.46. The molecule has 1 saturated heterocycles. The largest absolute Gasteiger partial charge is 0.379 e. The van der Waals surface area contributed by atoms with Gasteiger partial charge in [-0.1, -0.05) is 43.7 Å². The minimum atomic E-state index is 0.326. The molecule has 1 aliphatic heterocycles. The van der Waals surface area contributed by atoms with Gasteiger partial charge in [0.1, 0.15) is 0 Å². The molecule has 1 fully saturated rings. The van der Waals surface area contributed by atoms with Gasteiger partial charge in [0.05, 0.1) is 19.3 Å². The van der Waals surface area contributed by atoms with Gasteiger partial charge >= 0.3 is 0 Å². The standard InChI is InChI=1S/C20H34N4O/c1-5-21-20(22-14-16(2)3)23-15-19(24-9-11-25-12-10-24)18-8-6-7-17(4)13-18/h6-8,13,16,19H,5,9-12,14-15H2,1-4H3,(H2,21,22,23). The lowest BCUT2D eigenvalue weighted by Crippen LogP contribution is -2.46. The van der Waals surface area contributed by atoms with Crippen LogP contribution in [0.5, 0.6) is 0 Å². The monoisotopic (exact) mass is 346 g/mol. The zero-order valence-electron chi connectivity index (χ0n) is 16.2. The Hall–Kier alpha value is -1.59. The van der Waals surface area contributed by atoms with Crippen LogP contribution >= 0.6 is 0 Å². The molecule has 25 heavy (non-hydrogen) atoms. The molecule has 0 saturated carbocycles. The summed E-state index contributed by atoms with van der Waals surface area (Å²) >= 11 is 0. The lowest BCUT2D eigenvalue weighted by molar-refractivity contribution is 0.0170. The predicted octanol–water partition coefficient (Wildman–Crippen LogP) is 2.58. The second-order valence-electron chi connectivity index (χ2n) is 7.07. The van der Waals surface area contributed by atoms with E-state index >= 15 is 0 Å². The predicted molar refractivity (Wildman–Crippen MR) is 105 cm³/mol. The Labute approximate surface area is 152 Å². The van der Waals surface area contributed by atoms with Gasteiger partial charge in [-0.2, -0.15) is 0 Å². The molecule has 5 nitrogen and oxygen atoms in total. The molecule has 2 N–H and O–H groups in total. The van der Waals surface area contributed by atoms with E-state index in [0.29, 0.717) is 12.0 Å². The van der Waals surface area contributed by atoms with Crippen LogP contribution in [0, 0.1) is 12.8 Å². The second kappa shape index (κ2) is 10.4. The van der Waals surface area contributed by atoms with Gasteiger partial charge in [-0.3, -0.25) is 9.89 Å². The molecule has 1 atom stereocenters. The number of benzene rings is 1. The fourth-order valence-electron chi connectivity index (χ4n) is 3.03. The zero-order valence-corrected chi connectivity index (χ0v) is 16.2. The number of hydrogen-bond acceptors (Lipinski definition) is 3. The first kappa shape index (κ1) is 19.7. The van der Waals surface area contributed by atoms with Crippen LogP contribution in [0.2, 0.25) is 0 Å². The smallest absolute Gasteiger partial charge is 0.191 e. The van der Waals surface area contributed by atoms with Gasteiger partial charge in [0.2, 0.25) is 0 Å². The van der Waals surface area contributed by atoms with Crippen molar-refractivity contribution in [3.63, 3.8) is 0 Å². The van der Waals surface area contributed by atoms with Gasteiger partial charge in [0, 0.05) is 32.7 Å². The Morgan fingerprint density at radius 2 is 2.00 bits per heavy atom. The Bertz CT molecular complexity index is 538. The number of aliphatic imine (C=N–C) groups is 1. The number of hydrogen-bond donors (Lipinski definition) is 2. The third kappa shape index (κ3) is 6.67. The number of nitrogens with zero attached hydrogens (tertiary/aromatic N) is 2. The van der Waals surface area contributed by atoms with Crippen molar-refractivity contribution in [1.82, 2.24) is 15.5 Å².